The monoisotopic (exact) mass is 674 g/mol. The molecule has 0 spiro atoms. The summed E-state index contributed by atoms with van der Waals surface area (Å²) in [6.45, 7) is 8.89. The molecule has 0 heteroatoms. The third-order valence-corrected chi connectivity index (χ3v) is 11.6. The van der Waals surface area contributed by atoms with Crippen molar-refractivity contribution in [1.29, 1.82) is 0 Å². The van der Waals surface area contributed by atoms with Gasteiger partial charge in [0.05, 0.1) is 0 Å². The van der Waals surface area contributed by atoms with Crippen LogP contribution in [0, 0.1) is 0 Å². The summed E-state index contributed by atoms with van der Waals surface area (Å²) in [6.07, 6.45) is 6.44. The zero-order valence-electron chi connectivity index (χ0n) is 30.0. The molecule has 0 bridgehead atoms. The second kappa shape index (κ2) is 12.0. The molecule has 0 saturated carbocycles. The van der Waals surface area contributed by atoms with Crippen LogP contribution in [-0.2, 0) is 5.41 Å². The van der Waals surface area contributed by atoms with E-state index in [0.717, 1.165) is 11.1 Å². The quantitative estimate of drug-likeness (QED) is 0.126. The minimum Gasteiger partial charge on any atom is -0.0984 e. The first-order valence-electron chi connectivity index (χ1n) is 18.5. The van der Waals surface area contributed by atoms with Crippen LogP contribution in [0.5, 0.6) is 0 Å². The highest BCUT2D eigenvalue weighted by Gasteiger charge is 2.36. The second-order valence-corrected chi connectivity index (χ2v) is 15.0. The standard InChI is InChI=1S/C53H38/c1-4-35-20-22-39(31-38(35)19-17-34-18-26-47-45-15-8-7-13-43(45)44-14-9-10-16-46(44)50(47)29-34)41-24-27-48-49-28-25-42(33-52(49)53(2,3)51(48)32-41)40-23-21-36-11-5-6-12-37(36)30-40/h4-33H,1H2,2-3H3/b19-17+. The van der Waals surface area contributed by atoms with E-state index in [-0.39, 0.29) is 5.41 Å². The van der Waals surface area contributed by atoms with Gasteiger partial charge in [-0.2, -0.15) is 0 Å². The fraction of sp³-hybridized carbons (Fsp3) is 0.0566. The second-order valence-electron chi connectivity index (χ2n) is 15.0. The lowest BCUT2D eigenvalue weighted by Crippen LogP contribution is -2.15. The van der Waals surface area contributed by atoms with Crippen LogP contribution in [0.4, 0.5) is 0 Å². The maximum absolute atomic E-state index is 4.15. The summed E-state index contributed by atoms with van der Waals surface area (Å²) in [4.78, 5) is 0. The predicted octanol–water partition coefficient (Wildman–Crippen LogP) is 14.8. The van der Waals surface area contributed by atoms with Crippen molar-refractivity contribution in [2.75, 3.05) is 0 Å². The number of fused-ring (bicyclic) bond motifs is 10. The van der Waals surface area contributed by atoms with Crippen LogP contribution in [0.3, 0.4) is 0 Å². The van der Waals surface area contributed by atoms with Crippen molar-refractivity contribution >= 4 is 61.3 Å². The normalized spacial score (nSPS) is 13.2. The molecule has 0 fully saturated rings. The van der Waals surface area contributed by atoms with Gasteiger partial charge in [0.25, 0.3) is 0 Å². The van der Waals surface area contributed by atoms with Gasteiger partial charge in [-0.1, -0.05) is 172 Å². The Morgan fingerprint density at radius 3 is 1.55 bits per heavy atom. The number of rotatable bonds is 5. The molecule has 1 aliphatic rings. The molecular weight excluding hydrogens is 637 g/mol. The maximum Gasteiger partial charge on any atom is 0.0159 e. The summed E-state index contributed by atoms with van der Waals surface area (Å²) in [7, 11) is 0. The smallest absolute Gasteiger partial charge is 0.0159 e. The first kappa shape index (κ1) is 31.3. The predicted molar refractivity (Wildman–Crippen MR) is 230 cm³/mol. The summed E-state index contributed by atoms with van der Waals surface area (Å²) in [5.41, 5.74) is 13.7. The van der Waals surface area contributed by atoms with Gasteiger partial charge in [-0.15, -0.1) is 0 Å². The number of hydrogen-bond acceptors (Lipinski definition) is 0. The van der Waals surface area contributed by atoms with E-state index in [2.05, 4.69) is 196 Å². The van der Waals surface area contributed by atoms with Gasteiger partial charge in [-0.25, -0.2) is 0 Å². The van der Waals surface area contributed by atoms with Gasteiger partial charge in [-0.05, 0) is 135 Å². The van der Waals surface area contributed by atoms with Gasteiger partial charge in [0.2, 0.25) is 0 Å². The Balaban J connectivity index is 1.000. The molecule has 0 nitrogen and oxygen atoms in total. The summed E-state index contributed by atoms with van der Waals surface area (Å²) in [6, 6.07) is 60.6. The summed E-state index contributed by atoms with van der Waals surface area (Å²) in [5.74, 6) is 0. The highest BCUT2D eigenvalue weighted by molar-refractivity contribution is 6.25. The Labute approximate surface area is 311 Å². The van der Waals surface area contributed by atoms with Crippen LogP contribution in [-0.4, -0.2) is 0 Å². The van der Waals surface area contributed by atoms with Gasteiger partial charge in [0.15, 0.2) is 0 Å². The highest BCUT2D eigenvalue weighted by Crippen LogP contribution is 2.51. The van der Waals surface area contributed by atoms with Crippen LogP contribution in [0.2, 0.25) is 0 Å². The lowest BCUT2D eigenvalue weighted by Gasteiger charge is -2.23. The third-order valence-electron chi connectivity index (χ3n) is 11.6. The van der Waals surface area contributed by atoms with Crippen molar-refractivity contribution < 1.29 is 0 Å². The Hall–Kier alpha value is -6.50. The van der Waals surface area contributed by atoms with E-state index < -0.39 is 0 Å². The molecule has 9 aromatic rings. The van der Waals surface area contributed by atoms with E-state index in [9.17, 15) is 0 Å². The third kappa shape index (κ3) is 5.06. The van der Waals surface area contributed by atoms with Crippen molar-refractivity contribution in [1.82, 2.24) is 0 Å². The molecule has 1 aliphatic carbocycles. The van der Waals surface area contributed by atoms with Gasteiger partial charge in [-0.3, -0.25) is 0 Å². The van der Waals surface area contributed by atoms with E-state index in [1.54, 1.807) is 0 Å². The molecule has 250 valence electrons. The topological polar surface area (TPSA) is 0 Å². The first-order chi connectivity index (χ1) is 26.0. The van der Waals surface area contributed by atoms with E-state index in [1.165, 1.54) is 93.2 Å². The summed E-state index contributed by atoms with van der Waals surface area (Å²) < 4.78 is 0. The lowest BCUT2D eigenvalue weighted by molar-refractivity contribution is 0.661. The molecule has 0 unspecified atom stereocenters. The lowest BCUT2D eigenvalue weighted by atomic mass is 9.80. The molecule has 0 atom stereocenters. The largest absolute Gasteiger partial charge is 0.0984 e. The van der Waals surface area contributed by atoms with E-state index in [1.807, 2.05) is 6.08 Å². The summed E-state index contributed by atoms with van der Waals surface area (Å²) >= 11 is 0. The van der Waals surface area contributed by atoms with Gasteiger partial charge in [0.1, 0.15) is 0 Å². The zero-order valence-corrected chi connectivity index (χ0v) is 30.0. The fourth-order valence-electron chi connectivity index (χ4n) is 8.77. The Morgan fingerprint density at radius 2 is 0.906 bits per heavy atom. The van der Waals surface area contributed by atoms with E-state index in [4.69, 9.17) is 0 Å². The summed E-state index contributed by atoms with van der Waals surface area (Å²) in [5, 5.41) is 10.3. The molecule has 0 N–H and O–H groups in total. The molecule has 9 aromatic carbocycles. The van der Waals surface area contributed by atoms with E-state index >= 15 is 0 Å². The minimum atomic E-state index is -0.122. The average molecular weight is 675 g/mol. The van der Waals surface area contributed by atoms with Crippen molar-refractivity contribution in [2.24, 2.45) is 0 Å². The zero-order chi connectivity index (χ0) is 35.7. The number of hydrogen-bond donors (Lipinski definition) is 0. The Kier molecular flexibility index (Phi) is 7.10. The Morgan fingerprint density at radius 1 is 0.396 bits per heavy atom. The Bertz CT molecular complexity index is 2950. The molecule has 53 heavy (non-hydrogen) atoms. The molecule has 0 radical (unpaired) electrons. The van der Waals surface area contributed by atoms with Crippen LogP contribution in [0.15, 0.2) is 170 Å². The molecule has 0 aliphatic heterocycles. The highest BCUT2D eigenvalue weighted by atomic mass is 14.4. The molecule has 0 amide bonds. The fourth-order valence-corrected chi connectivity index (χ4v) is 8.77. The molecular formula is C53H38. The molecule has 0 heterocycles. The van der Waals surface area contributed by atoms with Crippen LogP contribution >= 0.6 is 0 Å². The van der Waals surface area contributed by atoms with Crippen molar-refractivity contribution in [3.63, 3.8) is 0 Å². The van der Waals surface area contributed by atoms with Crippen LogP contribution in [0.1, 0.15) is 41.7 Å². The molecule has 10 rings (SSSR count). The van der Waals surface area contributed by atoms with Gasteiger partial charge in [0, 0.05) is 5.41 Å². The van der Waals surface area contributed by atoms with Crippen molar-refractivity contribution in [3.05, 3.63) is 198 Å². The first-order valence-corrected chi connectivity index (χ1v) is 18.5. The number of benzene rings is 9. The maximum atomic E-state index is 4.15. The average Bonchev–Trinajstić information content (AvgIpc) is 3.44. The minimum absolute atomic E-state index is 0.122. The van der Waals surface area contributed by atoms with Crippen molar-refractivity contribution in [3.8, 4) is 33.4 Å². The van der Waals surface area contributed by atoms with Gasteiger partial charge < -0.3 is 0 Å². The SMILES string of the molecule is C=Cc1ccc(-c2ccc3c(c2)C(C)(C)c2cc(-c4ccc5ccccc5c4)ccc2-3)cc1/C=C/c1ccc2c3ccccc3c3ccccc3c2c1. The molecule has 0 aromatic heterocycles. The van der Waals surface area contributed by atoms with Crippen LogP contribution < -0.4 is 0 Å². The van der Waals surface area contributed by atoms with Crippen LogP contribution in [0.25, 0.3) is 94.7 Å². The van der Waals surface area contributed by atoms with Gasteiger partial charge >= 0.3 is 0 Å². The van der Waals surface area contributed by atoms with Crippen molar-refractivity contribution in [2.45, 2.75) is 19.3 Å². The van der Waals surface area contributed by atoms with E-state index in [0.29, 0.717) is 0 Å². The molecule has 0 saturated heterocycles.